The third kappa shape index (κ3) is 4.51. The molecule has 0 aliphatic rings. The molecule has 0 N–H and O–H groups in total. The maximum Gasteiger partial charge on any atom is 1.00 e. The number of aromatic carboxylic acids is 1. The van der Waals surface area contributed by atoms with E-state index in [-0.39, 0.29) is 35.4 Å². The van der Waals surface area contributed by atoms with Gasteiger partial charge in [-0.15, -0.1) is 10.2 Å². The maximum absolute atomic E-state index is 10.3. The molecule has 1 aromatic carbocycles. The molecule has 0 unspecified atom stereocenters. The molecule has 1 heterocycles. The number of nitrogens with zero attached hydrogens (tertiary/aromatic N) is 2. The van der Waals surface area contributed by atoms with Crippen LogP contribution in [0.3, 0.4) is 0 Å². The number of hydrogen-bond donors (Lipinski definition) is 1. The standard InChI is InChI=1S/C9H6N2O3.CH4S.Na/c12-9(13)8-11-10-7(14-8)6-4-2-1-3-5-6;1-2;/h1-5H,(H,12,13);2H,1H3;/q;;+1/p-1. The minimum atomic E-state index is -1.47. The van der Waals surface area contributed by atoms with Crippen LogP contribution >= 0.6 is 12.6 Å². The van der Waals surface area contributed by atoms with Gasteiger partial charge in [-0.1, -0.05) is 18.2 Å². The Labute approximate surface area is 126 Å². The number of carbonyl (C=O) groups is 1. The molecule has 2 aromatic rings. The number of carboxylic acids is 1. The van der Waals surface area contributed by atoms with Crippen molar-refractivity contribution in [3.63, 3.8) is 0 Å². The minimum absolute atomic E-state index is 0. The minimum Gasteiger partial charge on any atom is -0.540 e. The topological polar surface area (TPSA) is 79.0 Å². The number of carbonyl (C=O) groups excluding carboxylic acids is 1. The second-order valence-corrected chi connectivity index (χ2v) is 2.57. The molecular weight excluding hydrogens is 251 g/mol. The number of aromatic nitrogens is 2. The van der Waals surface area contributed by atoms with Crippen LogP contribution in [-0.4, -0.2) is 22.4 Å². The number of rotatable bonds is 2. The zero-order chi connectivity index (χ0) is 12.0. The summed E-state index contributed by atoms with van der Waals surface area (Å²) in [5.74, 6) is -1.81. The van der Waals surface area contributed by atoms with Gasteiger partial charge in [0.25, 0.3) is 5.89 Å². The van der Waals surface area contributed by atoms with E-state index in [4.69, 9.17) is 4.42 Å². The number of benzene rings is 1. The van der Waals surface area contributed by atoms with Crippen LogP contribution in [0.15, 0.2) is 34.7 Å². The largest absolute Gasteiger partial charge is 1.00 e. The average molecular weight is 260 g/mol. The van der Waals surface area contributed by atoms with E-state index in [9.17, 15) is 9.90 Å². The molecular formula is C10H9N2NaO3S. The van der Waals surface area contributed by atoms with Crippen molar-refractivity contribution in [2.45, 2.75) is 0 Å². The summed E-state index contributed by atoms with van der Waals surface area (Å²) in [6, 6.07) is 8.90. The molecule has 0 saturated heterocycles. The van der Waals surface area contributed by atoms with Crippen molar-refractivity contribution >= 4 is 18.6 Å². The zero-order valence-corrected chi connectivity index (χ0v) is 12.3. The van der Waals surface area contributed by atoms with Crippen LogP contribution in [0.1, 0.15) is 10.7 Å². The first-order valence-electron chi connectivity index (χ1n) is 4.32. The first-order valence-corrected chi connectivity index (χ1v) is 5.22. The van der Waals surface area contributed by atoms with E-state index in [2.05, 4.69) is 22.8 Å². The van der Waals surface area contributed by atoms with E-state index in [0.29, 0.717) is 5.56 Å². The fourth-order valence-corrected chi connectivity index (χ4v) is 1.00. The average Bonchev–Trinajstić information content (AvgIpc) is 2.82. The molecule has 7 heteroatoms. The third-order valence-corrected chi connectivity index (χ3v) is 1.62. The van der Waals surface area contributed by atoms with Crippen LogP contribution in [0, 0.1) is 0 Å². The van der Waals surface area contributed by atoms with Crippen molar-refractivity contribution in [3.8, 4) is 11.5 Å². The van der Waals surface area contributed by atoms with E-state index >= 15 is 0 Å². The van der Waals surface area contributed by atoms with Gasteiger partial charge in [0.2, 0.25) is 5.89 Å². The molecule has 2 rings (SSSR count). The van der Waals surface area contributed by atoms with Gasteiger partial charge in [0.1, 0.15) is 5.97 Å². The Morgan fingerprint density at radius 2 is 1.82 bits per heavy atom. The second kappa shape index (κ2) is 8.30. The van der Waals surface area contributed by atoms with Crippen molar-refractivity contribution in [1.82, 2.24) is 10.2 Å². The number of carboxylic acid groups (broad SMARTS) is 1. The van der Waals surface area contributed by atoms with Crippen molar-refractivity contribution in [3.05, 3.63) is 36.2 Å². The van der Waals surface area contributed by atoms with Gasteiger partial charge in [0.05, 0.1) is 0 Å². The summed E-state index contributed by atoms with van der Waals surface area (Å²) in [7, 11) is 0. The summed E-state index contributed by atoms with van der Waals surface area (Å²) in [5.41, 5.74) is 0.674. The first kappa shape index (κ1) is 16.2. The Morgan fingerprint density at radius 1 is 1.24 bits per heavy atom. The molecule has 0 saturated carbocycles. The Hall–Kier alpha value is -0.820. The third-order valence-electron chi connectivity index (χ3n) is 1.62. The number of hydrogen-bond acceptors (Lipinski definition) is 6. The Kier molecular flexibility index (Phi) is 7.90. The molecule has 0 atom stereocenters. The fraction of sp³-hybridized carbons (Fsp3) is 0.100. The summed E-state index contributed by atoms with van der Waals surface area (Å²) < 4.78 is 4.85. The molecule has 0 spiro atoms. The Bertz CT molecular complexity index is 462. The van der Waals surface area contributed by atoms with Gasteiger partial charge in [-0.05, 0) is 18.4 Å². The van der Waals surface area contributed by atoms with Crippen molar-refractivity contribution in [1.29, 1.82) is 0 Å². The molecule has 17 heavy (non-hydrogen) atoms. The van der Waals surface area contributed by atoms with Crippen LogP contribution in [0.2, 0.25) is 0 Å². The van der Waals surface area contributed by atoms with E-state index in [1.807, 2.05) is 6.07 Å². The van der Waals surface area contributed by atoms with E-state index in [0.717, 1.165) is 0 Å². The number of thiol groups is 1. The van der Waals surface area contributed by atoms with Crippen molar-refractivity contribution in [2.75, 3.05) is 6.26 Å². The van der Waals surface area contributed by atoms with Crippen molar-refractivity contribution < 1.29 is 43.9 Å². The molecule has 5 nitrogen and oxygen atoms in total. The van der Waals surface area contributed by atoms with Crippen molar-refractivity contribution in [2.24, 2.45) is 0 Å². The molecule has 0 fully saturated rings. The van der Waals surface area contributed by atoms with E-state index in [1.165, 1.54) is 0 Å². The molecule has 0 radical (unpaired) electrons. The molecule has 1 aromatic heterocycles. The maximum atomic E-state index is 10.3. The first-order chi connectivity index (χ1) is 7.77. The van der Waals surface area contributed by atoms with Gasteiger partial charge < -0.3 is 14.3 Å². The normalized spacial score (nSPS) is 8.59. The molecule has 0 aliphatic heterocycles. The molecule has 0 bridgehead atoms. The van der Waals surface area contributed by atoms with E-state index < -0.39 is 11.9 Å². The summed E-state index contributed by atoms with van der Waals surface area (Å²) in [6.45, 7) is 0. The summed E-state index contributed by atoms with van der Waals surface area (Å²) in [5, 5.41) is 17.2. The van der Waals surface area contributed by atoms with Crippen LogP contribution < -0.4 is 34.7 Å². The zero-order valence-electron chi connectivity index (χ0n) is 9.45. The summed E-state index contributed by atoms with van der Waals surface area (Å²) >= 11 is 3.53. The van der Waals surface area contributed by atoms with Gasteiger partial charge in [-0.25, -0.2) is 0 Å². The molecule has 0 amide bonds. The van der Waals surface area contributed by atoms with Gasteiger partial charge >= 0.3 is 29.6 Å². The van der Waals surface area contributed by atoms with Gasteiger partial charge in [-0.3, -0.25) is 0 Å². The SMILES string of the molecule is CS.O=C([O-])c1nnc(-c2ccccc2)o1.[Na+]. The van der Waals surface area contributed by atoms with Gasteiger partial charge in [0, 0.05) is 5.56 Å². The molecule has 0 aliphatic carbocycles. The summed E-state index contributed by atoms with van der Waals surface area (Å²) in [4.78, 5) is 10.3. The predicted molar refractivity (Wildman–Crippen MR) is 59.0 cm³/mol. The van der Waals surface area contributed by atoms with E-state index in [1.54, 1.807) is 30.5 Å². The second-order valence-electron chi connectivity index (χ2n) is 2.57. The van der Waals surface area contributed by atoms with Crippen LogP contribution in [0.25, 0.3) is 11.5 Å². The van der Waals surface area contributed by atoms with Crippen LogP contribution in [-0.2, 0) is 0 Å². The quantitative estimate of drug-likeness (QED) is 0.483. The van der Waals surface area contributed by atoms with Crippen LogP contribution in [0.5, 0.6) is 0 Å². The van der Waals surface area contributed by atoms with Gasteiger partial charge in [0.15, 0.2) is 0 Å². The van der Waals surface area contributed by atoms with Crippen LogP contribution in [0.4, 0.5) is 0 Å². The fourth-order valence-electron chi connectivity index (χ4n) is 1.00. The summed E-state index contributed by atoms with van der Waals surface area (Å²) in [6.07, 6.45) is 1.69. The predicted octanol–water partition coefficient (Wildman–Crippen LogP) is -2.35. The smallest absolute Gasteiger partial charge is 0.540 e. The Morgan fingerprint density at radius 3 is 2.29 bits per heavy atom. The van der Waals surface area contributed by atoms with Gasteiger partial charge in [-0.2, -0.15) is 12.6 Å². The Balaban J connectivity index is 0.000000811. The monoisotopic (exact) mass is 260 g/mol. The molecule has 84 valence electrons.